The van der Waals surface area contributed by atoms with E-state index in [-0.39, 0.29) is 25.2 Å². The van der Waals surface area contributed by atoms with Crippen LogP contribution in [0.2, 0.25) is 0 Å². The number of hydrogen-bond donors (Lipinski definition) is 2. The van der Waals surface area contributed by atoms with Crippen LogP contribution in [0, 0.1) is 5.92 Å². The molecular formula is C11H20O5. The van der Waals surface area contributed by atoms with Crippen molar-refractivity contribution in [1.29, 1.82) is 0 Å². The molecule has 2 N–H and O–H groups in total. The van der Waals surface area contributed by atoms with Gasteiger partial charge in [-0.3, -0.25) is 4.79 Å². The summed E-state index contributed by atoms with van der Waals surface area (Å²) in [4.78, 5) is 10.7. The van der Waals surface area contributed by atoms with Gasteiger partial charge in [0.25, 0.3) is 0 Å². The Kier molecular flexibility index (Phi) is 5.73. The molecule has 0 aromatic carbocycles. The van der Waals surface area contributed by atoms with Crippen molar-refractivity contribution in [2.45, 2.75) is 37.9 Å². The third-order valence-corrected chi connectivity index (χ3v) is 2.91. The molecule has 94 valence electrons. The van der Waals surface area contributed by atoms with Crippen molar-refractivity contribution < 1.29 is 24.5 Å². The second-order valence-corrected chi connectivity index (χ2v) is 4.25. The summed E-state index contributed by atoms with van der Waals surface area (Å²) in [5.74, 6) is -0.929. The number of carboxylic acid groups (broad SMARTS) is 1. The molecule has 0 aliphatic heterocycles. The van der Waals surface area contributed by atoms with E-state index in [1.54, 1.807) is 0 Å². The molecule has 1 rings (SSSR count). The molecule has 1 fully saturated rings. The first kappa shape index (κ1) is 13.4. The van der Waals surface area contributed by atoms with Gasteiger partial charge in [-0.1, -0.05) is 0 Å². The van der Waals surface area contributed by atoms with E-state index in [0.29, 0.717) is 12.8 Å². The average Bonchev–Trinajstić information content (AvgIpc) is 2.27. The van der Waals surface area contributed by atoms with E-state index in [2.05, 4.69) is 0 Å². The number of carbonyl (C=O) groups is 1. The summed E-state index contributed by atoms with van der Waals surface area (Å²) in [6.07, 6.45) is 2.35. The van der Waals surface area contributed by atoms with Gasteiger partial charge < -0.3 is 19.7 Å². The van der Waals surface area contributed by atoms with Crippen molar-refractivity contribution in [2.75, 3.05) is 20.3 Å². The number of hydrogen-bond acceptors (Lipinski definition) is 4. The molecule has 5 nitrogen and oxygen atoms in total. The van der Waals surface area contributed by atoms with Gasteiger partial charge in [-0.25, -0.2) is 0 Å². The Labute approximate surface area is 95.4 Å². The molecule has 5 heteroatoms. The van der Waals surface area contributed by atoms with Crippen LogP contribution in [0.4, 0.5) is 0 Å². The second-order valence-electron chi connectivity index (χ2n) is 4.25. The number of rotatable bonds is 6. The fourth-order valence-electron chi connectivity index (χ4n) is 1.96. The molecule has 0 saturated heterocycles. The number of aliphatic hydroxyl groups excluding tert-OH is 1. The van der Waals surface area contributed by atoms with Gasteiger partial charge >= 0.3 is 5.97 Å². The van der Waals surface area contributed by atoms with E-state index in [1.165, 1.54) is 7.11 Å². The normalized spacial score (nSPS) is 27.6. The van der Waals surface area contributed by atoms with Crippen molar-refractivity contribution in [3.05, 3.63) is 0 Å². The Balaban J connectivity index is 2.14. The molecule has 16 heavy (non-hydrogen) atoms. The number of aliphatic hydroxyl groups is 1. The molecule has 1 unspecified atom stereocenters. The molecular weight excluding hydrogens is 212 g/mol. The number of methoxy groups -OCH3 is 1. The Morgan fingerprint density at radius 3 is 2.44 bits per heavy atom. The summed E-state index contributed by atoms with van der Waals surface area (Å²) < 4.78 is 10.3. The highest BCUT2D eigenvalue weighted by Gasteiger charge is 2.26. The molecule has 0 heterocycles. The number of aliphatic carboxylic acids is 1. The van der Waals surface area contributed by atoms with Gasteiger partial charge in [0.05, 0.1) is 25.2 Å². The molecule has 1 atom stereocenters. The molecule has 0 radical (unpaired) electrons. The van der Waals surface area contributed by atoms with Gasteiger partial charge in [-0.05, 0) is 25.7 Å². The van der Waals surface area contributed by atoms with Crippen molar-refractivity contribution in [3.63, 3.8) is 0 Å². The van der Waals surface area contributed by atoms with Crippen LogP contribution in [-0.4, -0.2) is 48.7 Å². The van der Waals surface area contributed by atoms with Crippen LogP contribution in [0.1, 0.15) is 25.7 Å². The molecule has 0 bridgehead atoms. The molecule has 0 amide bonds. The fraction of sp³-hybridized carbons (Fsp3) is 0.909. The lowest BCUT2D eigenvalue weighted by molar-refractivity contribution is -0.144. The van der Waals surface area contributed by atoms with E-state index in [0.717, 1.165) is 12.8 Å². The van der Waals surface area contributed by atoms with Crippen molar-refractivity contribution in [1.82, 2.24) is 0 Å². The maximum Gasteiger partial charge on any atom is 0.306 e. The zero-order chi connectivity index (χ0) is 12.0. The van der Waals surface area contributed by atoms with E-state index in [4.69, 9.17) is 14.6 Å². The van der Waals surface area contributed by atoms with E-state index in [1.807, 2.05) is 0 Å². The van der Waals surface area contributed by atoms with Crippen LogP contribution in [0.3, 0.4) is 0 Å². The molecule has 1 aliphatic carbocycles. The average molecular weight is 232 g/mol. The molecule has 1 saturated carbocycles. The predicted octanol–water partition coefficient (Wildman–Crippen LogP) is 0.654. The molecule has 0 spiro atoms. The SMILES string of the molecule is COCC(O)COC1CCC(C(=O)O)CC1. The first-order chi connectivity index (χ1) is 7.63. The van der Waals surface area contributed by atoms with Crippen molar-refractivity contribution in [3.8, 4) is 0 Å². The lowest BCUT2D eigenvalue weighted by atomic mass is 9.87. The Bertz CT molecular complexity index is 210. The first-order valence-electron chi connectivity index (χ1n) is 5.65. The highest BCUT2D eigenvalue weighted by atomic mass is 16.5. The number of carboxylic acids is 1. The van der Waals surface area contributed by atoms with Crippen LogP contribution in [0.15, 0.2) is 0 Å². The molecule has 1 aliphatic rings. The maximum atomic E-state index is 10.7. The van der Waals surface area contributed by atoms with Crippen LogP contribution < -0.4 is 0 Å². The minimum Gasteiger partial charge on any atom is -0.481 e. The summed E-state index contributed by atoms with van der Waals surface area (Å²) in [6.45, 7) is 0.528. The van der Waals surface area contributed by atoms with Gasteiger partial charge in [0.2, 0.25) is 0 Å². The summed E-state index contributed by atoms with van der Waals surface area (Å²) in [6, 6.07) is 0. The third-order valence-electron chi connectivity index (χ3n) is 2.91. The van der Waals surface area contributed by atoms with Crippen molar-refractivity contribution >= 4 is 5.97 Å². The van der Waals surface area contributed by atoms with Gasteiger partial charge in [0.15, 0.2) is 0 Å². The Hall–Kier alpha value is -0.650. The number of ether oxygens (including phenoxy) is 2. The summed E-state index contributed by atoms with van der Waals surface area (Å²) in [5.41, 5.74) is 0. The topological polar surface area (TPSA) is 76.0 Å². The second kappa shape index (κ2) is 6.83. The smallest absolute Gasteiger partial charge is 0.306 e. The van der Waals surface area contributed by atoms with Crippen LogP contribution in [-0.2, 0) is 14.3 Å². The summed E-state index contributed by atoms with van der Waals surface area (Å²) >= 11 is 0. The largest absolute Gasteiger partial charge is 0.481 e. The minimum atomic E-state index is -0.710. The van der Waals surface area contributed by atoms with Gasteiger partial charge in [0.1, 0.15) is 6.10 Å². The van der Waals surface area contributed by atoms with E-state index < -0.39 is 12.1 Å². The van der Waals surface area contributed by atoms with Gasteiger partial charge in [0, 0.05) is 7.11 Å². The van der Waals surface area contributed by atoms with Crippen LogP contribution in [0.5, 0.6) is 0 Å². The zero-order valence-corrected chi connectivity index (χ0v) is 9.59. The minimum absolute atomic E-state index is 0.0853. The van der Waals surface area contributed by atoms with Crippen LogP contribution >= 0.6 is 0 Å². The standard InChI is InChI=1S/C11H20O5/c1-15-6-9(12)7-16-10-4-2-8(3-5-10)11(13)14/h8-10,12H,2-7H2,1H3,(H,13,14). The molecule has 0 aromatic rings. The fourth-order valence-corrected chi connectivity index (χ4v) is 1.96. The monoisotopic (exact) mass is 232 g/mol. The van der Waals surface area contributed by atoms with E-state index in [9.17, 15) is 9.90 Å². The Morgan fingerprint density at radius 2 is 1.94 bits per heavy atom. The van der Waals surface area contributed by atoms with Crippen molar-refractivity contribution in [2.24, 2.45) is 5.92 Å². The lowest BCUT2D eigenvalue weighted by Gasteiger charge is -2.26. The molecule has 0 aromatic heterocycles. The maximum absolute atomic E-state index is 10.7. The first-order valence-corrected chi connectivity index (χ1v) is 5.65. The van der Waals surface area contributed by atoms with Crippen LogP contribution in [0.25, 0.3) is 0 Å². The van der Waals surface area contributed by atoms with Gasteiger partial charge in [-0.15, -0.1) is 0 Å². The third kappa shape index (κ3) is 4.47. The van der Waals surface area contributed by atoms with E-state index >= 15 is 0 Å². The highest BCUT2D eigenvalue weighted by Crippen LogP contribution is 2.26. The lowest BCUT2D eigenvalue weighted by Crippen LogP contribution is -2.29. The highest BCUT2D eigenvalue weighted by molar-refractivity contribution is 5.69. The Morgan fingerprint density at radius 1 is 1.31 bits per heavy atom. The summed E-state index contributed by atoms with van der Waals surface area (Å²) in [5, 5.41) is 18.2. The quantitative estimate of drug-likeness (QED) is 0.703. The predicted molar refractivity (Wildman–Crippen MR) is 57.2 cm³/mol. The zero-order valence-electron chi connectivity index (χ0n) is 9.59. The summed E-state index contributed by atoms with van der Waals surface area (Å²) in [7, 11) is 1.53. The van der Waals surface area contributed by atoms with Gasteiger partial charge in [-0.2, -0.15) is 0 Å².